The van der Waals surface area contributed by atoms with Crippen LogP contribution < -0.4 is 4.90 Å². The van der Waals surface area contributed by atoms with Gasteiger partial charge in [-0.2, -0.15) is 5.10 Å². The number of rotatable bonds is 8. The average Bonchev–Trinajstić information content (AvgIpc) is 3.28. The largest absolute Gasteiger partial charge is 0.465 e. The number of fused-ring (bicyclic) bond motifs is 1. The van der Waals surface area contributed by atoms with Crippen LogP contribution in [0.15, 0.2) is 30.6 Å². The van der Waals surface area contributed by atoms with E-state index in [-0.39, 0.29) is 6.04 Å². The van der Waals surface area contributed by atoms with E-state index < -0.39 is 16.0 Å². The third kappa shape index (κ3) is 5.34. The molecule has 1 aliphatic rings. The molecule has 4 heterocycles. The minimum atomic E-state index is -0.626. The first-order valence-electron chi connectivity index (χ1n) is 11.3. The van der Waals surface area contributed by atoms with E-state index in [1.165, 1.54) is 7.11 Å². The van der Waals surface area contributed by atoms with E-state index in [1.54, 1.807) is 29.2 Å². The van der Waals surface area contributed by atoms with Crippen LogP contribution in [0, 0.1) is 0 Å². The summed E-state index contributed by atoms with van der Waals surface area (Å²) in [7, 11) is 0.762. The smallest absolute Gasteiger partial charge is 0.338 e. The number of pyridine rings is 2. The predicted molar refractivity (Wildman–Crippen MR) is 136 cm³/mol. The molecule has 3 aromatic rings. The van der Waals surface area contributed by atoms with Crippen LogP contribution in [0.4, 0.5) is 5.82 Å². The van der Waals surface area contributed by atoms with Gasteiger partial charge in [-0.3, -0.25) is 4.98 Å². The van der Waals surface area contributed by atoms with Crippen LogP contribution in [-0.2, 0) is 20.9 Å². The van der Waals surface area contributed by atoms with E-state index in [0.29, 0.717) is 61.1 Å². The second-order valence-corrected chi connectivity index (χ2v) is 13.8. The van der Waals surface area contributed by atoms with Crippen molar-refractivity contribution in [3.8, 4) is 11.4 Å². The highest BCUT2D eigenvalue weighted by Gasteiger charge is 2.25. The minimum Gasteiger partial charge on any atom is -0.465 e. The molecular formula is C24H33N5O4S. The Bertz CT molecular complexity index is 1160. The van der Waals surface area contributed by atoms with E-state index >= 15 is 0 Å². The zero-order valence-electron chi connectivity index (χ0n) is 20.5. The number of ether oxygens (including phenoxy) is 3. The molecule has 10 heteroatoms. The summed E-state index contributed by atoms with van der Waals surface area (Å²) in [4.78, 5) is 24.5. The summed E-state index contributed by atoms with van der Waals surface area (Å²) in [5.41, 5.74) is 2.51. The number of nitrogens with zero attached hydrogens (tertiary/aromatic N) is 5. The van der Waals surface area contributed by atoms with Gasteiger partial charge in [0.05, 0.1) is 44.2 Å². The van der Waals surface area contributed by atoms with Gasteiger partial charge in [0, 0.05) is 30.1 Å². The Labute approximate surface area is 201 Å². The van der Waals surface area contributed by atoms with Crippen molar-refractivity contribution in [3.05, 3.63) is 36.2 Å². The van der Waals surface area contributed by atoms with E-state index in [4.69, 9.17) is 19.2 Å². The molecule has 0 spiro atoms. The Balaban J connectivity index is 1.75. The molecule has 1 aliphatic heterocycles. The lowest BCUT2D eigenvalue weighted by Gasteiger charge is -2.34. The maximum atomic E-state index is 12.7. The van der Waals surface area contributed by atoms with Crippen molar-refractivity contribution >= 4 is 32.7 Å². The number of carbonyl (C=O) groups excluding carboxylic acids is 1. The number of esters is 1. The lowest BCUT2D eigenvalue weighted by molar-refractivity contribution is 0.0603. The fourth-order valence-corrected chi connectivity index (χ4v) is 4.53. The summed E-state index contributed by atoms with van der Waals surface area (Å²) < 4.78 is 18.4. The lowest BCUT2D eigenvalue weighted by Crippen LogP contribution is -2.44. The summed E-state index contributed by atoms with van der Waals surface area (Å²) >= 11 is 0. The molecule has 0 amide bonds. The van der Waals surface area contributed by atoms with Crippen molar-refractivity contribution in [1.29, 1.82) is 0 Å². The first-order chi connectivity index (χ1) is 16.3. The monoisotopic (exact) mass is 487 g/mol. The highest BCUT2D eigenvalue weighted by molar-refractivity contribution is 8.32. The van der Waals surface area contributed by atoms with Crippen molar-refractivity contribution in [2.24, 2.45) is 0 Å². The zero-order valence-corrected chi connectivity index (χ0v) is 21.3. The summed E-state index contributed by atoms with van der Waals surface area (Å²) in [6.07, 6.45) is 10.2. The molecule has 9 nitrogen and oxygen atoms in total. The number of carbonyl (C=O) groups is 1. The SMILES string of the molecule is COC(=O)c1cc(N2CCOC[C@H]2C)nc2c(-c3ccnn3COCCS(C)(C)C)nccc12. The molecule has 1 saturated heterocycles. The molecule has 0 radical (unpaired) electrons. The van der Waals surface area contributed by atoms with E-state index in [0.717, 1.165) is 11.4 Å². The molecule has 1 fully saturated rings. The molecule has 0 N–H and O–H groups in total. The van der Waals surface area contributed by atoms with Gasteiger partial charge >= 0.3 is 5.97 Å². The highest BCUT2D eigenvalue weighted by Crippen LogP contribution is 2.34. The summed E-state index contributed by atoms with van der Waals surface area (Å²) in [5, 5.41) is 5.13. The number of hydrogen-bond donors (Lipinski definition) is 0. The van der Waals surface area contributed by atoms with E-state index in [1.807, 2.05) is 6.07 Å². The third-order valence-electron chi connectivity index (χ3n) is 5.79. The molecular weight excluding hydrogens is 454 g/mol. The Kier molecular flexibility index (Phi) is 7.39. The molecule has 0 bridgehead atoms. The van der Waals surface area contributed by atoms with Gasteiger partial charge < -0.3 is 19.1 Å². The van der Waals surface area contributed by atoms with Crippen molar-refractivity contribution in [2.75, 3.05) is 62.9 Å². The minimum absolute atomic E-state index is 0.133. The molecule has 0 aromatic carbocycles. The van der Waals surface area contributed by atoms with Crippen LogP contribution in [0.5, 0.6) is 0 Å². The Morgan fingerprint density at radius 2 is 2.09 bits per heavy atom. The van der Waals surface area contributed by atoms with Gasteiger partial charge in [0.1, 0.15) is 23.8 Å². The number of aromatic nitrogens is 4. The van der Waals surface area contributed by atoms with E-state index in [9.17, 15) is 4.79 Å². The van der Waals surface area contributed by atoms with Crippen LogP contribution in [0.1, 0.15) is 17.3 Å². The van der Waals surface area contributed by atoms with Crippen LogP contribution in [0.25, 0.3) is 22.3 Å². The molecule has 4 rings (SSSR count). The topological polar surface area (TPSA) is 91.6 Å². The fourth-order valence-electron chi connectivity index (χ4n) is 3.92. The molecule has 0 unspecified atom stereocenters. The molecule has 3 aromatic heterocycles. The van der Waals surface area contributed by atoms with E-state index in [2.05, 4.69) is 40.7 Å². The summed E-state index contributed by atoms with van der Waals surface area (Å²) in [6, 6.07) is 5.63. The van der Waals surface area contributed by atoms with Crippen LogP contribution in [0.3, 0.4) is 0 Å². The molecule has 1 atom stereocenters. The number of anilines is 1. The average molecular weight is 488 g/mol. The lowest BCUT2D eigenvalue weighted by atomic mass is 10.1. The third-order valence-corrected chi connectivity index (χ3v) is 7.19. The molecule has 184 valence electrons. The standard InChI is InChI=1S/C24H33N5O4S/c1-17-15-32-11-10-28(17)21-14-19(24(30)31-2)18-6-8-25-23(22(18)27-21)20-7-9-26-29(20)16-33-12-13-34(3,4)5/h6-9,14,17H,10-13,15-16H2,1-5H3/t17-/m1/s1. The van der Waals surface area contributed by atoms with Gasteiger partial charge in [0.25, 0.3) is 0 Å². The second kappa shape index (κ2) is 10.3. The van der Waals surface area contributed by atoms with Crippen LogP contribution in [-0.4, -0.2) is 89.8 Å². The van der Waals surface area contributed by atoms with Gasteiger partial charge in [0.2, 0.25) is 0 Å². The van der Waals surface area contributed by atoms with Crippen LogP contribution in [0.2, 0.25) is 0 Å². The summed E-state index contributed by atoms with van der Waals surface area (Å²) in [6.45, 7) is 4.98. The normalized spacial score (nSPS) is 17.2. The maximum Gasteiger partial charge on any atom is 0.338 e. The van der Waals surface area contributed by atoms with Gasteiger partial charge in [-0.15, -0.1) is 0 Å². The van der Waals surface area contributed by atoms with Crippen molar-refractivity contribution in [2.45, 2.75) is 19.7 Å². The highest BCUT2D eigenvalue weighted by atomic mass is 32.3. The molecule has 0 saturated carbocycles. The van der Waals surface area contributed by atoms with Gasteiger partial charge in [-0.25, -0.2) is 24.5 Å². The number of morpholine rings is 1. The Hall–Kier alpha value is -2.69. The molecule has 34 heavy (non-hydrogen) atoms. The fraction of sp³-hybridized carbons (Fsp3) is 0.500. The quantitative estimate of drug-likeness (QED) is 0.353. The number of methoxy groups -OCH3 is 1. The van der Waals surface area contributed by atoms with Crippen molar-refractivity contribution < 1.29 is 19.0 Å². The zero-order chi connectivity index (χ0) is 24.3. The number of hydrogen-bond acceptors (Lipinski definition) is 8. The van der Waals surface area contributed by atoms with Gasteiger partial charge in [-0.1, -0.05) is 0 Å². The first-order valence-corrected chi connectivity index (χ1v) is 14.3. The maximum absolute atomic E-state index is 12.7. The van der Waals surface area contributed by atoms with Crippen LogP contribution >= 0.6 is 10.0 Å². The second-order valence-electron chi connectivity index (χ2n) is 9.24. The van der Waals surface area contributed by atoms with Crippen molar-refractivity contribution in [1.82, 2.24) is 19.7 Å². The summed E-state index contributed by atoms with van der Waals surface area (Å²) in [5.74, 6) is 1.32. The Morgan fingerprint density at radius 3 is 2.82 bits per heavy atom. The predicted octanol–water partition coefficient (Wildman–Crippen LogP) is 3.17. The first kappa shape index (κ1) is 24.4. The molecule has 0 aliphatic carbocycles. The van der Waals surface area contributed by atoms with Gasteiger partial charge in [-0.05, 0) is 43.9 Å². The Morgan fingerprint density at radius 1 is 1.26 bits per heavy atom. The van der Waals surface area contributed by atoms with Gasteiger partial charge in [0.15, 0.2) is 0 Å². The van der Waals surface area contributed by atoms with Crippen molar-refractivity contribution in [3.63, 3.8) is 0 Å².